The summed E-state index contributed by atoms with van der Waals surface area (Å²) in [6, 6.07) is 11.6. The predicted octanol–water partition coefficient (Wildman–Crippen LogP) is 6.11. The van der Waals surface area contributed by atoms with Gasteiger partial charge in [0.25, 0.3) is 0 Å². The Morgan fingerprint density at radius 3 is 2.59 bits per heavy atom. The number of rotatable bonds is 12. The number of hydrogen-bond acceptors (Lipinski definition) is 6. The van der Waals surface area contributed by atoms with Gasteiger partial charge in [0.05, 0.1) is 28.0 Å². The van der Waals surface area contributed by atoms with Crippen LogP contribution < -0.4 is 14.5 Å². The van der Waals surface area contributed by atoms with Gasteiger partial charge in [-0.05, 0) is 56.0 Å². The number of aryl methyl sites for hydroxylation is 1. The van der Waals surface area contributed by atoms with Crippen molar-refractivity contribution in [2.75, 3.05) is 55.9 Å². The largest absolute Gasteiger partial charge is 0.494 e. The molecule has 2 aliphatic rings. The van der Waals surface area contributed by atoms with Crippen molar-refractivity contribution in [1.29, 1.82) is 0 Å². The first-order valence-corrected chi connectivity index (χ1v) is 14.4. The molecule has 0 saturated carbocycles. The van der Waals surface area contributed by atoms with Gasteiger partial charge in [0, 0.05) is 44.2 Å². The molecule has 0 N–H and O–H groups in total. The molecule has 1 fully saturated rings. The minimum absolute atomic E-state index is 0.0636. The van der Waals surface area contributed by atoms with E-state index >= 15 is 0 Å². The normalized spacial score (nSPS) is 15.7. The molecule has 0 bridgehead atoms. The molecular weight excluding hydrogens is 537 g/mol. The first-order valence-electron chi connectivity index (χ1n) is 13.7. The third-order valence-electron chi connectivity index (χ3n) is 7.20. The van der Waals surface area contributed by atoms with Crippen LogP contribution >= 0.6 is 23.2 Å². The van der Waals surface area contributed by atoms with E-state index in [1.165, 1.54) is 4.90 Å². The molecule has 1 amide bonds. The zero-order valence-corrected chi connectivity index (χ0v) is 24.1. The quantitative estimate of drug-likeness (QED) is 0.173. The molecule has 0 aromatic heterocycles. The lowest BCUT2D eigenvalue weighted by molar-refractivity contribution is -0.139. The predicted molar refractivity (Wildman–Crippen MR) is 157 cm³/mol. The van der Waals surface area contributed by atoms with Gasteiger partial charge in [0.1, 0.15) is 5.75 Å². The lowest BCUT2D eigenvalue weighted by Gasteiger charge is -2.36. The number of carbonyl (C=O) groups excluding carboxylic acids is 2. The monoisotopic (exact) mass is 573 g/mol. The Kier molecular flexibility index (Phi) is 10.5. The van der Waals surface area contributed by atoms with Gasteiger partial charge in [-0.15, -0.1) is 0 Å². The van der Waals surface area contributed by atoms with Crippen molar-refractivity contribution in [3.63, 3.8) is 0 Å². The van der Waals surface area contributed by atoms with E-state index in [9.17, 15) is 9.59 Å². The average molecular weight is 575 g/mol. The van der Waals surface area contributed by atoms with Crippen LogP contribution in [0.15, 0.2) is 48.6 Å². The van der Waals surface area contributed by atoms with Crippen LogP contribution in [0.4, 0.5) is 11.4 Å². The van der Waals surface area contributed by atoms with E-state index < -0.39 is 5.97 Å². The summed E-state index contributed by atoms with van der Waals surface area (Å²) in [5, 5.41) is 1.21. The minimum atomic E-state index is -0.459. The summed E-state index contributed by atoms with van der Waals surface area (Å²) >= 11 is 12.6. The van der Waals surface area contributed by atoms with Crippen molar-refractivity contribution in [3.05, 3.63) is 64.2 Å². The second-order valence-corrected chi connectivity index (χ2v) is 10.8. The highest BCUT2D eigenvalue weighted by Gasteiger charge is 2.26. The summed E-state index contributed by atoms with van der Waals surface area (Å²) in [4.78, 5) is 31.1. The van der Waals surface area contributed by atoms with E-state index in [2.05, 4.69) is 16.4 Å². The summed E-state index contributed by atoms with van der Waals surface area (Å²) in [5.41, 5.74) is 3.22. The van der Waals surface area contributed by atoms with Crippen molar-refractivity contribution in [1.82, 2.24) is 4.90 Å². The second kappa shape index (κ2) is 14.1. The van der Waals surface area contributed by atoms with Crippen LogP contribution in [0.5, 0.6) is 5.75 Å². The van der Waals surface area contributed by atoms with Crippen molar-refractivity contribution in [3.8, 4) is 5.75 Å². The number of benzene rings is 2. The Bertz CT molecular complexity index is 1180. The van der Waals surface area contributed by atoms with E-state index in [0.717, 1.165) is 68.9 Å². The number of halogens is 2. The molecule has 0 atom stereocenters. The molecule has 2 aromatic carbocycles. The maximum atomic E-state index is 12.6. The summed E-state index contributed by atoms with van der Waals surface area (Å²) in [5.74, 6) is 0.187. The molecule has 1 saturated heterocycles. The van der Waals surface area contributed by atoms with Crippen LogP contribution in [0.25, 0.3) is 0 Å². The number of anilines is 2. The van der Waals surface area contributed by atoms with Crippen LogP contribution in [0.3, 0.4) is 0 Å². The van der Waals surface area contributed by atoms with Crippen LogP contribution in [-0.2, 0) is 20.7 Å². The van der Waals surface area contributed by atoms with E-state index in [0.29, 0.717) is 47.2 Å². The zero-order valence-electron chi connectivity index (χ0n) is 22.6. The molecule has 210 valence electrons. The van der Waals surface area contributed by atoms with Crippen molar-refractivity contribution >= 4 is 46.5 Å². The first kappa shape index (κ1) is 29.2. The summed E-state index contributed by atoms with van der Waals surface area (Å²) in [6.45, 7) is 11.0. The van der Waals surface area contributed by atoms with Crippen molar-refractivity contribution in [2.24, 2.45) is 0 Å². The fraction of sp³-hybridized carbons (Fsp3) is 0.467. The van der Waals surface area contributed by atoms with Gasteiger partial charge in [-0.25, -0.2) is 4.79 Å². The average Bonchev–Trinajstić information content (AvgIpc) is 2.94. The van der Waals surface area contributed by atoms with Crippen LogP contribution in [0.1, 0.15) is 44.6 Å². The number of piperazine rings is 1. The molecule has 2 heterocycles. The minimum Gasteiger partial charge on any atom is -0.494 e. The highest BCUT2D eigenvalue weighted by molar-refractivity contribution is 6.43. The van der Waals surface area contributed by atoms with Gasteiger partial charge >= 0.3 is 5.97 Å². The fourth-order valence-electron chi connectivity index (χ4n) is 4.95. The van der Waals surface area contributed by atoms with E-state index in [1.807, 2.05) is 43.3 Å². The SMILES string of the molecule is C=C(CCC)C(=O)OCN1C(=O)CCc2ccc(OCCCCN3CCN(c4cccc(Cl)c4Cl)CC3)cc21. The highest BCUT2D eigenvalue weighted by atomic mass is 35.5. The van der Waals surface area contributed by atoms with Gasteiger partial charge in [-0.2, -0.15) is 0 Å². The molecular formula is C30H37Cl2N3O4. The highest BCUT2D eigenvalue weighted by Crippen LogP contribution is 2.33. The molecule has 0 spiro atoms. The topological polar surface area (TPSA) is 62.3 Å². The molecule has 9 heteroatoms. The molecule has 4 rings (SSSR count). The lowest BCUT2D eigenvalue weighted by Crippen LogP contribution is -2.46. The first-order chi connectivity index (χ1) is 18.9. The van der Waals surface area contributed by atoms with Gasteiger partial charge in [-0.1, -0.05) is 55.3 Å². The Hall–Kier alpha value is -2.74. The van der Waals surface area contributed by atoms with Crippen LogP contribution in [0.2, 0.25) is 10.0 Å². The van der Waals surface area contributed by atoms with E-state index in [4.69, 9.17) is 32.7 Å². The number of ether oxygens (including phenoxy) is 2. The van der Waals surface area contributed by atoms with Gasteiger partial charge < -0.3 is 14.4 Å². The lowest BCUT2D eigenvalue weighted by atomic mass is 10.0. The smallest absolute Gasteiger partial charge is 0.335 e. The Labute approximate surface area is 241 Å². The van der Waals surface area contributed by atoms with Gasteiger partial charge in [0.15, 0.2) is 6.73 Å². The van der Waals surface area contributed by atoms with Crippen LogP contribution in [-0.4, -0.2) is 62.8 Å². The van der Waals surface area contributed by atoms with E-state index in [-0.39, 0.29) is 12.6 Å². The van der Waals surface area contributed by atoms with Crippen molar-refractivity contribution < 1.29 is 19.1 Å². The molecule has 0 aliphatic carbocycles. The maximum Gasteiger partial charge on any atom is 0.335 e. The number of carbonyl (C=O) groups is 2. The molecule has 0 unspecified atom stereocenters. The number of nitrogens with zero attached hydrogens (tertiary/aromatic N) is 3. The fourth-order valence-corrected chi connectivity index (χ4v) is 5.37. The number of esters is 1. The number of amides is 1. The number of hydrogen-bond donors (Lipinski definition) is 0. The number of fused-ring (bicyclic) bond motifs is 1. The van der Waals surface area contributed by atoms with E-state index in [1.54, 1.807) is 0 Å². The van der Waals surface area contributed by atoms with Crippen molar-refractivity contribution in [2.45, 2.75) is 45.4 Å². The molecule has 39 heavy (non-hydrogen) atoms. The third-order valence-corrected chi connectivity index (χ3v) is 8.01. The zero-order chi connectivity index (χ0) is 27.8. The van der Waals surface area contributed by atoms with Crippen LogP contribution in [0, 0.1) is 0 Å². The summed E-state index contributed by atoms with van der Waals surface area (Å²) < 4.78 is 11.4. The molecule has 7 nitrogen and oxygen atoms in total. The third kappa shape index (κ3) is 7.68. The summed E-state index contributed by atoms with van der Waals surface area (Å²) in [6.07, 6.45) is 4.41. The molecule has 2 aliphatic heterocycles. The Morgan fingerprint density at radius 1 is 1.03 bits per heavy atom. The molecule has 2 aromatic rings. The Morgan fingerprint density at radius 2 is 1.82 bits per heavy atom. The molecule has 0 radical (unpaired) electrons. The number of unbranched alkanes of at least 4 members (excludes halogenated alkanes) is 1. The standard InChI is InChI=1S/C30H37Cl2N3O4/c1-3-7-22(2)30(37)39-21-35-27-20-24(12-10-23(27)11-13-28(35)36)38-19-5-4-14-33-15-17-34(18-16-33)26-9-6-8-25(31)29(26)32/h6,8-10,12,20H,2-5,7,11,13-19,21H2,1H3. The summed E-state index contributed by atoms with van der Waals surface area (Å²) in [7, 11) is 0. The van der Waals surface area contributed by atoms with Gasteiger partial charge in [0.2, 0.25) is 5.91 Å². The Balaban J connectivity index is 1.21. The second-order valence-electron chi connectivity index (χ2n) is 9.98. The van der Waals surface area contributed by atoms with Gasteiger partial charge in [-0.3, -0.25) is 14.6 Å². The maximum absolute atomic E-state index is 12.6.